The van der Waals surface area contributed by atoms with E-state index >= 15 is 0 Å². The number of piperidine rings is 1. The maximum atomic E-state index is 13.4. The van der Waals surface area contributed by atoms with E-state index in [0.29, 0.717) is 25.0 Å². The van der Waals surface area contributed by atoms with Gasteiger partial charge in [0, 0.05) is 31.6 Å². The van der Waals surface area contributed by atoms with Crippen molar-refractivity contribution in [2.24, 2.45) is 5.10 Å². The standard InChI is InChI=1S/C26H34N4O2/c1-19(2)27-22-13-15-29(16-14-22)18-26(31)30-25(21-9-11-23(32-3)12-10-21)17-24(28-30)20-7-5-4-6-8-20/h4-12,19,22,25,27H,13-18H2,1-3H3. The normalized spacial score (nSPS) is 19.9. The summed E-state index contributed by atoms with van der Waals surface area (Å²) in [7, 11) is 1.66. The number of amides is 1. The minimum Gasteiger partial charge on any atom is -0.497 e. The Kier molecular flexibility index (Phi) is 7.22. The summed E-state index contributed by atoms with van der Waals surface area (Å²) in [4.78, 5) is 15.7. The lowest BCUT2D eigenvalue weighted by Gasteiger charge is -2.34. The lowest BCUT2D eigenvalue weighted by Crippen LogP contribution is -2.47. The van der Waals surface area contributed by atoms with Gasteiger partial charge in [-0.25, -0.2) is 5.01 Å². The third-order valence-corrected chi connectivity index (χ3v) is 6.29. The average molecular weight is 435 g/mol. The number of carbonyl (C=O) groups is 1. The number of methoxy groups -OCH3 is 1. The van der Waals surface area contributed by atoms with Gasteiger partial charge in [0.25, 0.3) is 5.91 Å². The smallest absolute Gasteiger partial charge is 0.257 e. The molecule has 6 heteroatoms. The molecule has 1 fully saturated rings. The molecule has 2 aromatic rings. The Morgan fingerprint density at radius 3 is 2.41 bits per heavy atom. The molecule has 0 saturated carbocycles. The summed E-state index contributed by atoms with van der Waals surface area (Å²) in [5.74, 6) is 0.874. The third-order valence-electron chi connectivity index (χ3n) is 6.29. The molecule has 32 heavy (non-hydrogen) atoms. The van der Waals surface area contributed by atoms with Gasteiger partial charge in [0.2, 0.25) is 0 Å². The van der Waals surface area contributed by atoms with E-state index in [9.17, 15) is 4.79 Å². The molecule has 0 aliphatic carbocycles. The molecule has 1 saturated heterocycles. The molecular formula is C26H34N4O2. The lowest BCUT2D eigenvalue weighted by atomic mass is 9.98. The molecule has 0 spiro atoms. The lowest BCUT2D eigenvalue weighted by molar-refractivity contribution is -0.134. The van der Waals surface area contributed by atoms with Gasteiger partial charge < -0.3 is 10.1 Å². The van der Waals surface area contributed by atoms with Crippen LogP contribution in [0.15, 0.2) is 59.7 Å². The summed E-state index contributed by atoms with van der Waals surface area (Å²) in [6.07, 6.45) is 2.86. The van der Waals surface area contributed by atoms with Crippen molar-refractivity contribution in [2.45, 2.75) is 51.2 Å². The molecule has 2 heterocycles. The van der Waals surface area contributed by atoms with Crippen LogP contribution in [-0.2, 0) is 4.79 Å². The largest absolute Gasteiger partial charge is 0.497 e. The fraction of sp³-hybridized carbons (Fsp3) is 0.462. The number of rotatable bonds is 7. The van der Waals surface area contributed by atoms with E-state index in [2.05, 4.69) is 36.2 Å². The Labute approximate surface area is 191 Å². The second-order valence-electron chi connectivity index (χ2n) is 9.02. The van der Waals surface area contributed by atoms with Gasteiger partial charge >= 0.3 is 0 Å². The molecule has 1 atom stereocenters. The summed E-state index contributed by atoms with van der Waals surface area (Å²) >= 11 is 0. The van der Waals surface area contributed by atoms with Gasteiger partial charge in [-0.05, 0) is 36.1 Å². The van der Waals surface area contributed by atoms with Crippen molar-refractivity contribution in [3.05, 3.63) is 65.7 Å². The number of nitrogens with zero attached hydrogens (tertiary/aromatic N) is 3. The molecule has 2 aliphatic rings. The monoisotopic (exact) mass is 434 g/mol. The van der Waals surface area contributed by atoms with Crippen molar-refractivity contribution >= 4 is 11.6 Å². The summed E-state index contributed by atoms with van der Waals surface area (Å²) in [6, 6.07) is 19.1. The number of hydrogen-bond donors (Lipinski definition) is 1. The molecule has 1 amide bonds. The number of carbonyl (C=O) groups excluding carboxylic acids is 1. The quantitative estimate of drug-likeness (QED) is 0.720. The number of ether oxygens (including phenoxy) is 1. The zero-order chi connectivity index (χ0) is 22.5. The van der Waals surface area contributed by atoms with Crippen molar-refractivity contribution in [3.63, 3.8) is 0 Å². The summed E-state index contributed by atoms with van der Waals surface area (Å²) in [5, 5.41) is 10.1. The molecule has 2 aromatic carbocycles. The number of hydrazone groups is 1. The van der Waals surface area contributed by atoms with Gasteiger partial charge in [0.15, 0.2) is 0 Å². The molecular weight excluding hydrogens is 400 g/mol. The van der Waals surface area contributed by atoms with Crippen molar-refractivity contribution in [1.29, 1.82) is 0 Å². The van der Waals surface area contributed by atoms with Gasteiger partial charge in [-0.3, -0.25) is 9.69 Å². The highest BCUT2D eigenvalue weighted by molar-refractivity contribution is 6.03. The summed E-state index contributed by atoms with van der Waals surface area (Å²) in [5.41, 5.74) is 3.11. The Morgan fingerprint density at radius 2 is 1.78 bits per heavy atom. The number of likely N-dealkylation sites (tertiary alicyclic amines) is 1. The minimum atomic E-state index is -0.0937. The Bertz CT molecular complexity index is 919. The second kappa shape index (κ2) is 10.3. The van der Waals surface area contributed by atoms with E-state index in [4.69, 9.17) is 9.84 Å². The fourth-order valence-electron chi connectivity index (χ4n) is 4.62. The van der Waals surface area contributed by atoms with Gasteiger partial charge in [-0.1, -0.05) is 56.3 Å². The first kappa shape index (κ1) is 22.5. The SMILES string of the molecule is COc1ccc(C2CC(c3ccccc3)=NN2C(=O)CN2CCC(NC(C)C)CC2)cc1. The molecule has 0 aromatic heterocycles. The first-order chi connectivity index (χ1) is 15.5. The molecule has 0 bridgehead atoms. The summed E-state index contributed by atoms with van der Waals surface area (Å²) < 4.78 is 5.31. The van der Waals surface area contributed by atoms with Crippen LogP contribution >= 0.6 is 0 Å². The van der Waals surface area contributed by atoms with Crippen LogP contribution in [0.2, 0.25) is 0 Å². The first-order valence-electron chi connectivity index (χ1n) is 11.6. The predicted molar refractivity (Wildman–Crippen MR) is 128 cm³/mol. The first-order valence-corrected chi connectivity index (χ1v) is 11.6. The summed E-state index contributed by atoms with van der Waals surface area (Å²) in [6.45, 7) is 6.65. The van der Waals surface area contributed by atoms with Gasteiger partial charge in [0.05, 0.1) is 25.4 Å². The van der Waals surface area contributed by atoms with E-state index in [-0.39, 0.29) is 11.9 Å². The Hall–Kier alpha value is -2.70. The van der Waals surface area contributed by atoms with E-state index < -0.39 is 0 Å². The Balaban J connectivity index is 1.48. The van der Waals surface area contributed by atoms with Crippen LogP contribution in [0.5, 0.6) is 5.75 Å². The van der Waals surface area contributed by atoms with Crippen molar-refractivity contribution in [1.82, 2.24) is 15.2 Å². The van der Waals surface area contributed by atoms with E-state index in [1.807, 2.05) is 42.5 Å². The predicted octanol–water partition coefficient (Wildman–Crippen LogP) is 3.84. The van der Waals surface area contributed by atoms with Crippen molar-refractivity contribution in [3.8, 4) is 5.75 Å². The van der Waals surface area contributed by atoms with Crippen LogP contribution in [0, 0.1) is 0 Å². The number of benzene rings is 2. The molecule has 1 N–H and O–H groups in total. The van der Waals surface area contributed by atoms with Crippen LogP contribution in [0.4, 0.5) is 0 Å². The average Bonchev–Trinajstić information content (AvgIpc) is 3.26. The third kappa shape index (κ3) is 5.37. The minimum absolute atomic E-state index is 0.0621. The zero-order valence-electron chi connectivity index (χ0n) is 19.3. The zero-order valence-corrected chi connectivity index (χ0v) is 19.3. The van der Waals surface area contributed by atoms with Crippen LogP contribution in [0.25, 0.3) is 0 Å². The maximum Gasteiger partial charge on any atom is 0.257 e. The highest BCUT2D eigenvalue weighted by Gasteiger charge is 2.34. The molecule has 170 valence electrons. The maximum absolute atomic E-state index is 13.4. The Morgan fingerprint density at radius 1 is 1.09 bits per heavy atom. The highest BCUT2D eigenvalue weighted by atomic mass is 16.5. The van der Waals surface area contributed by atoms with Gasteiger partial charge in [-0.2, -0.15) is 5.10 Å². The van der Waals surface area contributed by atoms with Crippen molar-refractivity contribution in [2.75, 3.05) is 26.7 Å². The van der Waals surface area contributed by atoms with E-state index in [1.54, 1.807) is 12.1 Å². The number of nitrogens with one attached hydrogen (secondary N) is 1. The molecule has 1 unspecified atom stereocenters. The van der Waals surface area contributed by atoms with Gasteiger partial charge in [-0.15, -0.1) is 0 Å². The van der Waals surface area contributed by atoms with Crippen LogP contribution < -0.4 is 10.1 Å². The molecule has 0 radical (unpaired) electrons. The molecule has 6 nitrogen and oxygen atoms in total. The van der Waals surface area contributed by atoms with E-state index in [1.165, 1.54) is 0 Å². The fourth-order valence-corrected chi connectivity index (χ4v) is 4.62. The van der Waals surface area contributed by atoms with Crippen LogP contribution in [-0.4, -0.2) is 60.4 Å². The van der Waals surface area contributed by atoms with E-state index in [0.717, 1.165) is 48.5 Å². The molecule has 4 rings (SSSR count). The van der Waals surface area contributed by atoms with Gasteiger partial charge in [0.1, 0.15) is 5.75 Å². The number of hydrogen-bond acceptors (Lipinski definition) is 5. The molecule has 2 aliphatic heterocycles. The highest BCUT2D eigenvalue weighted by Crippen LogP contribution is 2.33. The van der Waals surface area contributed by atoms with Crippen LogP contribution in [0.1, 0.15) is 50.3 Å². The topological polar surface area (TPSA) is 57.2 Å². The second-order valence-corrected chi connectivity index (χ2v) is 9.02. The van der Waals surface area contributed by atoms with Crippen LogP contribution in [0.3, 0.4) is 0 Å². The van der Waals surface area contributed by atoms with Crippen molar-refractivity contribution < 1.29 is 9.53 Å².